The molecule has 5 rings (SSSR count). The highest BCUT2D eigenvalue weighted by atomic mass is 16.5. The van der Waals surface area contributed by atoms with Crippen molar-refractivity contribution in [2.45, 2.75) is 56.6 Å². The Morgan fingerprint density at radius 1 is 1.41 bits per heavy atom. The van der Waals surface area contributed by atoms with Crippen LogP contribution in [-0.4, -0.2) is 48.1 Å². The number of carbonyl (C=O) groups is 1. The Kier molecular flexibility index (Phi) is 3.80. The number of piperidine rings is 1. The summed E-state index contributed by atoms with van der Waals surface area (Å²) in [5.41, 5.74) is 3.06. The van der Waals surface area contributed by atoms with E-state index >= 15 is 0 Å². The van der Waals surface area contributed by atoms with Crippen LogP contribution in [0, 0.1) is 5.92 Å². The Balaban J connectivity index is 1.65. The van der Waals surface area contributed by atoms with Crippen molar-refractivity contribution in [3.63, 3.8) is 0 Å². The highest BCUT2D eigenvalue weighted by molar-refractivity contribution is 5.98. The predicted molar refractivity (Wildman–Crippen MR) is 105 cm³/mol. The molecule has 1 aromatic carbocycles. The first-order chi connectivity index (χ1) is 13.1. The molecule has 2 bridgehead atoms. The molecule has 0 unspecified atom stereocenters. The van der Waals surface area contributed by atoms with Gasteiger partial charge in [0.25, 0.3) is 0 Å². The first kappa shape index (κ1) is 17.1. The summed E-state index contributed by atoms with van der Waals surface area (Å²) in [6, 6.07) is 2.18. The Morgan fingerprint density at radius 2 is 2.26 bits per heavy atom. The molecule has 0 saturated carbocycles. The summed E-state index contributed by atoms with van der Waals surface area (Å²) in [5, 5.41) is 14.3. The Hall–Kier alpha value is -2.01. The third-order valence-corrected chi connectivity index (χ3v) is 7.23. The van der Waals surface area contributed by atoms with Crippen molar-refractivity contribution in [2.75, 3.05) is 25.5 Å². The third kappa shape index (κ3) is 2.18. The number of phenols is 1. The topological polar surface area (TPSA) is 61.8 Å². The number of likely N-dealkylation sites (tertiary alicyclic amines) is 1. The number of ketones is 1. The van der Waals surface area contributed by atoms with E-state index < -0.39 is 6.10 Å². The lowest BCUT2D eigenvalue weighted by molar-refractivity contribution is -0.127. The van der Waals surface area contributed by atoms with Crippen molar-refractivity contribution >= 4 is 11.5 Å². The number of ether oxygens (including phenoxy) is 1. The van der Waals surface area contributed by atoms with Gasteiger partial charge < -0.3 is 20.1 Å². The van der Waals surface area contributed by atoms with Gasteiger partial charge in [-0.1, -0.05) is 25.8 Å². The summed E-state index contributed by atoms with van der Waals surface area (Å²) in [5.74, 6) is 1.02. The zero-order valence-corrected chi connectivity index (χ0v) is 16.1. The molecule has 0 amide bonds. The highest BCUT2D eigenvalue weighted by Crippen LogP contribution is 2.63. The second kappa shape index (κ2) is 5.99. The minimum Gasteiger partial charge on any atom is -0.504 e. The van der Waals surface area contributed by atoms with Gasteiger partial charge in [-0.15, -0.1) is 0 Å². The van der Waals surface area contributed by atoms with Gasteiger partial charge in [0.05, 0.1) is 5.41 Å². The van der Waals surface area contributed by atoms with Crippen LogP contribution in [0.5, 0.6) is 11.5 Å². The minimum atomic E-state index is -0.487. The van der Waals surface area contributed by atoms with Crippen molar-refractivity contribution in [3.05, 3.63) is 29.3 Å². The lowest BCUT2D eigenvalue weighted by Crippen LogP contribution is -2.64. The molecule has 1 saturated heterocycles. The molecule has 5 heteroatoms. The van der Waals surface area contributed by atoms with E-state index in [1.54, 1.807) is 6.08 Å². The minimum absolute atomic E-state index is 0.0375. The molecule has 1 fully saturated rings. The zero-order chi connectivity index (χ0) is 18.8. The van der Waals surface area contributed by atoms with Gasteiger partial charge >= 0.3 is 0 Å². The lowest BCUT2D eigenvalue weighted by Gasteiger charge is -2.55. The average Bonchev–Trinajstić information content (AvgIpc) is 3.01. The van der Waals surface area contributed by atoms with Crippen molar-refractivity contribution in [2.24, 2.45) is 5.92 Å². The standard InChI is InChI=1S/C22H28N2O3/c1-3-4-5-9-23-15-12-18(26)20-19-13(15)11-16-14-6-7-17(25)21(27-20)22(14,19)8-10-24(16)2/h6-7,12,14,16,21,23,26H,3-5,8-11H2,1-2H3/t14-,16+,21-,22-/m0/s1. The first-order valence-corrected chi connectivity index (χ1v) is 10.3. The number of unbranched alkanes of at least 4 members (excludes halogenated alkanes) is 2. The zero-order valence-electron chi connectivity index (χ0n) is 16.1. The molecule has 2 heterocycles. The molecule has 5 nitrogen and oxygen atoms in total. The summed E-state index contributed by atoms with van der Waals surface area (Å²) >= 11 is 0. The van der Waals surface area contributed by atoms with Crippen LogP contribution in [0.1, 0.15) is 43.7 Å². The molecule has 4 aliphatic rings. The van der Waals surface area contributed by atoms with Crippen LogP contribution in [0.3, 0.4) is 0 Å². The predicted octanol–water partition coefficient (Wildman–Crippen LogP) is 3.01. The molecule has 0 aromatic heterocycles. The first-order valence-electron chi connectivity index (χ1n) is 10.3. The molecular formula is C22H28N2O3. The normalized spacial score (nSPS) is 33.0. The Morgan fingerprint density at radius 3 is 3.07 bits per heavy atom. The number of benzene rings is 1. The van der Waals surface area contributed by atoms with Gasteiger partial charge in [-0.3, -0.25) is 4.79 Å². The van der Waals surface area contributed by atoms with E-state index in [1.165, 1.54) is 18.4 Å². The molecule has 144 valence electrons. The third-order valence-electron chi connectivity index (χ3n) is 7.23. The summed E-state index contributed by atoms with van der Waals surface area (Å²) in [6.07, 6.45) is 8.65. The van der Waals surface area contributed by atoms with E-state index in [2.05, 4.69) is 30.3 Å². The summed E-state index contributed by atoms with van der Waals surface area (Å²) < 4.78 is 6.16. The van der Waals surface area contributed by atoms with E-state index in [0.29, 0.717) is 11.8 Å². The molecule has 1 aromatic rings. The van der Waals surface area contributed by atoms with E-state index in [4.69, 9.17) is 4.74 Å². The number of hydrogen-bond acceptors (Lipinski definition) is 5. The van der Waals surface area contributed by atoms with Crippen LogP contribution in [0.25, 0.3) is 0 Å². The maximum Gasteiger partial charge on any atom is 0.196 e. The second-order valence-corrected chi connectivity index (χ2v) is 8.59. The summed E-state index contributed by atoms with van der Waals surface area (Å²) in [4.78, 5) is 15.2. The highest BCUT2D eigenvalue weighted by Gasteiger charge is 2.64. The smallest absolute Gasteiger partial charge is 0.196 e. The number of hydrogen-bond donors (Lipinski definition) is 2. The number of anilines is 1. The fourth-order valence-corrected chi connectivity index (χ4v) is 5.92. The average molecular weight is 368 g/mol. The van der Waals surface area contributed by atoms with Gasteiger partial charge in [0, 0.05) is 35.8 Å². The molecule has 4 atom stereocenters. The van der Waals surface area contributed by atoms with Crippen LogP contribution in [0.2, 0.25) is 0 Å². The van der Waals surface area contributed by atoms with E-state index in [9.17, 15) is 9.90 Å². The van der Waals surface area contributed by atoms with Crippen molar-refractivity contribution in [1.29, 1.82) is 0 Å². The SMILES string of the molecule is CCCCCNc1cc(O)c2c3c1C[C@@H]1[C@@H]4C=CC(=O)[C@H](O2)[C@]34CCN1C. The monoisotopic (exact) mass is 368 g/mol. The van der Waals surface area contributed by atoms with Crippen LogP contribution in [0.15, 0.2) is 18.2 Å². The molecule has 2 N–H and O–H groups in total. The Labute approximate surface area is 160 Å². The number of phenolic OH excluding ortho intramolecular Hbond substituents is 1. The fourth-order valence-electron chi connectivity index (χ4n) is 5.92. The largest absolute Gasteiger partial charge is 0.504 e. The van der Waals surface area contributed by atoms with E-state index in [1.807, 2.05) is 6.07 Å². The van der Waals surface area contributed by atoms with Gasteiger partial charge in [0.1, 0.15) is 0 Å². The van der Waals surface area contributed by atoms with Crippen LogP contribution in [-0.2, 0) is 16.6 Å². The van der Waals surface area contributed by atoms with E-state index in [-0.39, 0.29) is 22.9 Å². The van der Waals surface area contributed by atoms with Crippen LogP contribution < -0.4 is 10.1 Å². The number of nitrogens with one attached hydrogen (secondary N) is 1. The molecule has 2 aliphatic carbocycles. The number of carbonyl (C=O) groups excluding carboxylic acids is 1. The van der Waals surface area contributed by atoms with Gasteiger partial charge in [0.15, 0.2) is 23.4 Å². The maximum atomic E-state index is 12.7. The van der Waals surface area contributed by atoms with Crippen molar-refractivity contribution < 1.29 is 14.6 Å². The van der Waals surface area contributed by atoms with Crippen LogP contribution in [0.4, 0.5) is 5.69 Å². The van der Waals surface area contributed by atoms with E-state index in [0.717, 1.165) is 43.6 Å². The number of likely N-dealkylation sites (N-methyl/N-ethyl adjacent to an activating group) is 1. The maximum absolute atomic E-state index is 12.7. The molecule has 1 spiro atoms. The van der Waals surface area contributed by atoms with Gasteiger partial charge in [-0.2, -0.15) is 0 Å². The fraction of sp³-hybridized carbons (Fsp3) is 0.591. The Bertz CT molecular complexity index is 833. The van der Waals surface area contributed by atoms with Crippen molar-refractivity contribution in [1.82, 2.24) is 4.90 Å². The number of rotatable bonds is 5. The van der Waals surface area contributed by atoms with Gasteiger partial charge in [-0.05, 0) is 44.5 Å². The van der Waals surface area contributed by atoms with Gasteiger partial charge in [0.2, 0.25) is 0 Å². The summed E-state index contributed by atoms with van der Waals surface area (Å²) in [7, 11) is 2.19. The quantitative estimate of drug-likeness (QED) is 0.783. The van der Waals surface area contributed by atoms with Crippen molar-refractivity contribution in [3.8, 4) is 11.5 Å². The summed E-state index contributed by atoms with van der Waals surface area (Å²) in [6.45, 7) is 4.06. The molecule has 2 aliphatic heterocycles. The van der Waals surface area contributed by atoms with Gasteiger partial charge in [-0.25, -0.2) is 0 Å². The second-order valence-electron chi connectivity index (χ2n) is 8.59. The lowest BCUT2D eigenvalue weighted by atomic mass is 9.53. The number of aromatic hydroxyl groups is 1. The molecule has 0 radical (unpaired) electrons. The number of nitrogens with zero attached hydrogens (tertiary/aromatic N) is 1. The molecule has 27 heavy (non-hydrogen) atoms. The molecular weight excluding hydrogens is 340 g/mol. The van der Waals surface area contributed by atoms with Crippen LogP contribution >= 0.6 is 0 Å².